The molecule has 1 aromatic carbocycles. The fraction of sp³-hybridized carbons (Fsp3) is 0.524. The van der Waals surface area contributed by atoms with Crippen molar-refractivity contribution in [2.75, 3.05) is 31.6 Å². The Morgan fingerprint density at radius 1 is 1.30 bits per heavy atom. The Morgan fingerprint density at radius 3 is 2.70 bits per heavy atom. The van der Waals surface area contributed by atoms with Crippen molar-refractivity contribution < 1.29 is 9.53 Å². The third kappa shape index (κ3) is 9.11. The van der Waals surface area contributed by atoms with Gasteiger partial charge in [0.2, 0.25) is 5.91 Å². The lowest BCUT2D eigenvalue weighted by Crippen LogP contribution is -2.40. The minimum Gasteiger partial charge on any atom is -0.378 e. The molecule has 0 saturated carbocycles. The topological polar surface area (TPSA) is 74.8 Å². The van der Waals surface area contributed by atoms with E-state index in [1.807, 2.05) is 26.0 Å². The summed E-state index contributed by atoms with van der Waals surface area (Å²) >= 11 is 0. The summed E-state index contributed by atoms with van der Waals surface area (Å²) in [6.07, 6.45) is 6.46. The third-order valence-electron chi connectivity index (χ3n) is 3.88. The van der Waals surface area contributed by atoms with Crippen LogP contribution in [0.3, 0.4) is 0 Å². The first kappa shape index (κ1) is 22.5. The Kier molecular flexibility index (Phi) is 10.7. The molecule has 0 saturated heterocycles. The Morgan fingerprint density at radius 2 is 2.07 bits per heavy atom. The molecule has 0 bridgehead atoms. The number of hydrogen-bond donors (Lipinski definition) is 3. The number of nitrogens with zero attached hydrogens (tertiary/aromatic N) is 1. The lowest BCUT2D eigenvalue weighted by atomic mass is 10.0. The minimum atomic E-state index is -0.198. The maximum absolute atomic E-state index is 12.1. The van der Waals surface area contributed by atoms with E-state index in [-0.39, 0.29) is 18.6 Å². The number of carbonyl (C=O) groups excluding carboxylic acids is 1. The van der Waals surface area contributed by atoms with Gasteiger partial charge in [-0.25, -0.2) is 4.99 Å². The van der Waals surface area contributed by atoms with Gasteiger partial charge in [-0.2, -0.15) is 0 Å². The Bertz CT molecular complexity index is 650. The summed E-state index contributed by atoms with van der Waals surface area (Å²) in [4.78, 5) is 16.5. The van der Waals surface area contributed by atoms with Gasteiger partial charge in [-0.05, 0) is 44.4 Å². The number of anilines is 1. The van der Waals surface area contributed by atoms with Crippen LogP contribution in [0.15, 0.2) is 29.3 Å². The fourth-order valence-electron chi connectivity index (χ4n) is 2.54. The molecule has 1 unspecified atom stereocenters. The number of nitrogens with one attached hydrogen (secondary N) is 3. The molecule has 0 aliphatic carbocycles. The smallest absolute Gasteiger partial charge is 0.246 e. The number of benzene rings is 1. The van der Waals surface area contributed by atoms with Crippen molar-refractivity contribution in [2.24, 2.45) is 10.9 Å². The molecule has 6 heteroatoms. The molecule has 1 aromatic rings. The summed E-state index contributed by atoms with van der Waals surface area (Å²) < 4.78 is 5.75. The van der Waals surface area contributed by atoms with Crippen molar-refractivity contribution in [2.45, 2.75) is 40.2 Å². The maximum atomic E-state index is 12.1. The van der Waals surface area contributed by atoms with Gasteiger partial charge in [0.15, 0.2) is 5.96 Å². The molecular weight excluding hydrogens is 340 g/mol. The molecule has 0 heterocycles. The van der Waals surface area contributed by atoms with E-state index in [1.54, 1.807) is 12.1 Å². The highest BCUT2D eigenvalue weighted by Crippen LogP contribution is 2.10. The number of terminal acetylenes is 1. The number of carbonyl (C=O) groups is 1. The first-order chi connectivity index (χ1) is 13.0. The molecule has 0 aliphatic heterocycles. The average molecular weight is 373 g/mol. The summed E-state index contributed by atoms with van der Waals surface area (Å²) in [7, 11) is 0. The van der Waals surface area contributed by atoms with Gasteiger partial charge in [-0.1, -0.05) is 25.8 Å². The zero-order valence-corrected chi connectivity index (χ0v) is 16.8. The van der Waals surface area contributed by atoms with Crippen molar-refractivity contribution in [1.82, 2.24) is 10.6 Å². The lowest BCUT2D eigenvalue weighted by molar-refractivity contribution is -0.114. The standard InChI is InChI=1S/C21H32N4O2/c1-6-17-10-9-11-18(14-17)25-20(26)15-24-21(22-7-2)23-13-12-19(16(4)5)27-8-3/h1,9-11,14,16,19H,7-8,12-13,15H2,2-5H3,(H,25,26)(H2,22,23,24). The van der Waals surface area contributed by atoms with Crippen LogP contribution < -0.4 is 16.0 Å². The Balaban J connectivity index is 2.54. The lowest BCUT2D eigenvalue weighted by Gasteiger charge is -2.21. The van der Waals surface area contributed by atoms with E-state index < -0.39 is 0 Å². The fourth-order valence-corrected chi connectivity index (χ4v) is 2.54. The van der Waals surface area contributed by atoms with E-state index in [1.165, 1.54) is 0 Å². The van der Waals surface area contributed by atoms with Gasteiger partial charge in [0.1, 0.15) is 6.54 Å². The molecule has 0 radical (unpaired) electrons. The number of ether oxygens (including phenoxy) is 1. The van der Waals surface area contributed by atoms with Crippen LogP contribution in [0, 0.1) is 18.3 Å². The van der Waals surface area contributed by atoms with Gasteiger partial charge in [0.05, 0.1) is 6.10 Å². The molecule has 0 aromatic heterocycles. The van der Waals surface area contributed by atoms with Crippen molar-refractivity contribution in [3.8, 4) is 12.3 Å². The van der Waals surface area contributed by atoms with E-state index in [0.29, 0.717) is 24.2 Å². The highest BCUT2D eigenvalue weighted by atomic mass is 16.5. The van der Waals surface area contributed by atoms with Crippen LogP contribution in [-0.2, 0) is 9.53 Å². The highest BCUT2D eigenvalue weighted by Gasteiger charge is 2.13. The summed E-state index contributed by atoms with van der Waals surface area (Å²) in [5.41, 5.74) is 1.39. The number of guanidine groups is 1. The van der Waals surface area contributed by atoms with Crippen LogP contribution in [0.1, 0.15) is 39.7 Å². The first-order valence-electron chi connectivity index (χ1n) is 9.50. The summed E-state index contributed by atoms with van der Waals surface area (Å²) in [5, 5.41) is 9.20. The molecule has 0 aliphatic rings. The molecule has 3 N–H and O–H groups in total. The van der Waals surface area contributed by atoms with Crippen LogP contribution in [-0.4, -0.2) is 44.2 Å². The molecule has 1 rings (SSSR count). The minimum absolute atomic E-state index is 0.0225. The second kappa shape index (κ2) is 12.8. The monoisotopic (exact) mass is 372 g/mol. The molecule has 148 valence electrons. The number of hydrogen-bond acceptors (Lipinski definition) is 3. The molecule has 1 amide bonds. The third-order valence-corrected chi connectivity index (χ3v) is 3.88. The predicted molar refractivity (Wildman–Crippen MR) is 112 cm³/mol. The van der Waals surface area contributed by atoms with Crippen LogP contribution >= 0.6 is 0 Å². The van der Waals surface area contributed by atoms with Gasteiger partial charge in [0, 0.05) is 30.9 Å². The van der Waals surface area contributed by atoms with Gasteiger partial charge in [-0.3, -0.25) is 4.79 Å². The van der Waals surface area contributed by atoms with E-state index in [0.717, 1.165) is 25.1 Å². The van der Waals surface area contributed by atoms with E-state index in [4.69, 9.17) is 11.2 Å². The number of rotatable bonds is 10. The Labute approximate surface area is 163 Å². The highest BCUT2D eigenvalue weighted by molar-refractivity contribution is 5.94. The van der Waals surface area contributed by atoms with Crippen LogP contribution in [0.5, 0.6) is 0 Å². The quantitative estimate of drug-likeness (QED) is 0.335. The molecule has 6 nitrogen and oxygen atoms in total. The first-order valence-corrected chi connectivity index (χ1v) is 9.50. The zero-order chi connectivity index (χ0) is 20.1. The van der Waals surface area contributed by atoms with Gasteiger partial charge in [0.25, 0.3) is 0 Å². The van der Waals surface area contributed by atoms with Crippen molar-refractivity contribution in [3.05, 3.63) is 29.8 Å². The second-order valence-electron chi connectivity index (χ2n) is 6.42. The summed E-state index contributed by atoms with van der Waals surface area (Å²) in [6, 6.07) is 7.17. The van der Waals surface area contributed by atoms with E-state index in [9.17, 15) is 4.79 Å². The molecule has 0 fully saturated rings. The second-order valence-corrected chi connectivity index (χ2v) is 6.42. The van der Waals surface area contributed by atoms with Crippen LogP contribution in [0.25, 0.3) is 0 Å². The largest absolute Gasteiger partial charge is 0.378 e. The average Bonchev–Trinajstić information content (AvgIpc) is 2.65. The Hall–Kier alpha value is -2.52. The number of aliphatic imine (C=N–C) groups is 1. The van der Waals surface area contributed by atoms with E-state index >= 15 is 0 Å². The molecule has 1 atom stereocenters. The van der Waals surface area contributed by atoms with E-state index in [2.05, 4.69) is 40.7 Å². The van der Waals surface area contributed by atoms with Crippen LogP contribution in [0.4, 0.5) is 5.69 Å². The summed E-state index contributed by atoms with van der Waals surface area (Å²) in [5.74, 6) is 3.42. The van der Waals surface area contributed by atoms with Gasteiger partial charge in [-0.15, -0.1) is 6.42 Å². The van der Waals surface area contributed by atoms with Crippen molar-refractivity contribution in [1.29, 1.82) is 0 Å². The van der Waals surface area contributed by atoms with Crippen LogP contribution in [0.2, 0.25) is 0 Å². The van der Waals surface area contributed by atoms with Crippen molar-refractivity contribution in [3.63, 3.8) is 0 Å². The summed E-state index contributed by atoms with van der Waals surface area (Å²) in [6.45, 7) is 10.5. The predicted octanol–water partition coefficient (Wildman–Crippen LogP) is 2.61. The molecule has 0 spiro atoms. The number of amides is 1. The SMILES string of the molecule is C#Cc1cccc(NC(=O)CN=C(NCC)NCCC(OCC)C(C)C)c1. The zero-order valence-electron chi connectivity index (χ0n) is 16.8. The maximum Gasteiger partial charge on any atom is 0.246 e. The van der Waals surface area contributed by atoms with Crippen molar-refractivity contribution >= 4 is 17.6 Å². The van der Waals surface area contributed by atoms with Gasteiger partial charge < -0.3 is 20.7 Å². The normalized spacial score (nSPS) is 12.4. The molecule has 27 heavy (non-hydrogen) atoms. The molecular formula is C21H32N4O2. The van der Waals surface area contributed by atoms with Gasteiger partial charge >= 0.3 is 0 Å².